The molecule has 0 saturated carbocycles. The van der Waals surface area contributed by atoms with Crippen molar-refractivity contribution in [3.63, 3.8) is 0 Å². The molecule has 0 radical (unpaired) electrons. The smallest absolute Gasteiger partial charge is 0.410 e. The SMILES string of the molecule is CCC=CCC=CCC=CCC=CCC=CCCCC(=O)OC(C)OC(=O)NCc1c(CO)cnc(C)c1O. The number of carbonyl (C=O) groups excluding carboxylic acids is 2. The fourth-order valence-corrected chi connectivity index (χ4v) is 3.37. The summed E-state index contributed by atoms with van der Waals surface area (Å²) in [5.74, 6) is -0.554. The lowest BCUT2D eigenvalue weighted by atomic mass is 10.1. The van der Waals surface area contributed by atoms with Gasteiger partial charge in [0.1, 0.15) is 5.75 Å². The fourth-order valence-electron chi connectivity index (χ4n) is 3.37. The second-order valence-electron chi connectivity index (χ2n) is 8.77. The fraction of sp³-hybridized carbons (Fsp3) is 0.452. The Labute approximate surface area is 232 Å². The number of nitrogens with one attached hydrogen (secondary N) is 1. The molecular formula is C31H44N2O6. The number of rotatable bonds is 18. The van der Waals surface area contributed by atoms with Gasteiger partial charge in [0, 0.05) is 30.7 Å². The van der Waals surface area contributed by atoms with E-state index in [-0.39, 0.29) is 25.3 Å². The van der Waals surface area contributed by atoms with Gasteiger partial charge in [-0.1, -0.05) is 67.7 Å². The van der Waals surface area contributed by atoms with Gasteiger partial charge in [0.15, 0.2) is 0 Å². The number of ether oxygens (including phenoxy) is 2. The lowest BCUT2D eigenvalue weighted by molar-refractivity contribution is -0.164. The van der Waals surface area contributed by atoms with Gasteiger partial charge >= 0.3 is 12.1 Å². The second-order valence-corrected chi connectivity index (χ2v) is 8.77. The molecule has 0 spiro atoms. The van der Waals surface area contributed by atoms with Crippen LogP contribution in [0.25, 0.3) is 0 Å². The Morgan fingerprint density at radius 2 is 1.51 bits per heavy atom. The summed E-state index contributed by atoms with van der Waals surface area (Å²) in [5.41, 5.74) is 1.12. The van der Waals surface area contributed by atoms with Crippen LogP contribution in [-0.2, 0) is 27.4 Å². The minimum absolute atomic E-state index is 0.0716. The highest BCUT2D eigenvalue weighted by atomic mass is 16.7. The van der Waals surface area contributed by atoms with Crippen LogP contribution in [0.15, 0.2) is 67.0 Å². The Hall–Kier alpha value is -3.65. The van der Waals surface area contributed by atoms with Gasteiger partial charge in [-0.3, -0.25) is 9.78 Å². The molecule has 1 amide bonds. The van der Waals surface area contributed by atoms with E-state index in [1.165, 1.54) is 13.1 Å². The Kier molecular flexibility index (Phi) is 18.2. The van der Waals surface area contributed by atoms with Crippen molar-refractivity contribution in [1.82, 2.24) is 10.3 Å². The van der Waals surface area contributed by atoms with E-state index in [4.69, 9.17) is 9.47 Å². The first kappa shape index (κ1) is 33.4. The molecule has 1 atom stereocenters. The number of aromatic nitrogens is 1. The van der Waals surface area contributed by atoms with Crippen molar-refractivity contribution in [2.24, 2.45) is 0 Å². The highest BCUT2D eigenvalue weighted by Crippen LogP contribution is 2.23. The van der Waals surface area contributed by atoms with Crippen LogP contribution in [0.3, 0.4) is 0 Å². The number of allylic oxidation sites excluding steroid dienone is 10. The molecule has 0 aliphatic rings. The van der Waals surface area contributed by atoms with Crippen molar-refractivity contribution < 1.29 is 29.3 Å². The number of alkyl carbamates (subject to hydrolysis) is 1. The number of aryl methyl sites for hydroxylation is 1. The normalized spacial score (nSPS) is 12.8. The van der Waals surface area contributed by atoms with Gasteiger partial charge in [-0.15, -0.1) is 0 Å². The molecule has 3 N–H and O–H groups in total. The van der Waals surface area contributed by atoms with Gasteiger partial charge in [0.05, 0.1) is 18.8 Å². The summed E-state index contributed by atoms with van der Waals surface area (Å²) >= 11 is 0. The molecule has 0 fully saturated rings. The minimum atomic E-state index is -1.06. The van der Waals surface area contributed by atoms with Crippen LogP contribution < -0.4 is 5.32 Å². The van der Waals surface area contributed by atoms with Crippen molar-refractivity contribution in [1.29, 1.82) is 0 Å². The summed E-state index contributed by atoms with van der Waals surface area (Å²) in [4.78, 5) is 28.0. The van der Waals surface area contributed by atoms with E-state index >= 15 is 0 Å². The second kappa shape index (κ2) is 21.3. The first-order valence-electron chi connectivity index (χ1n) is 13.5. The number of esters is 1. The summed E-state index contributed by atoms with van der Waals surface area (Å²) in [7, 11) is 0. The van der Waals surface area contributed by atoms with Gasteiger partial charge in [-0.25, -0.2) is 4.79 Å². The summed E-state index contributed by atoms with van der Waals surface area (Å²) in [6, 6.07) is 0. The van der Waals surface area contributed by atoms with Crippen LogP contribution in [0.2, 0.25) is 0 Å². The third-order valence-electron chi connectivity index (χ3n) is 5.49. The third-order valence-corrected chi connectivity index (χ3v) is 5.49. The Bertz CT molecular complexity index is 1010. The maximum atomic E-state index is 12.0. The predicted molar refractivity (Wildman–Crippen MR) is 154 cm³/mol. The van der Waals surface area contributed by atoms with Crippen molar-refractivity contribution in [3.8, 4) is 5.75 Å². The van der Waals surface area contributed by atoms with Crippen LogP contribution in [-0.4, -0.2) is 33.5 Å². The summed E-state index contributed by atoms with van der Waals surface area (Å²) in [5, 5.41) is 22.0. The molecule has 214 valence electrons. The molecule has 1 rings (SSSR count). The highest BCUT2D eigenvalue weighted by Gasteiger charge is 2.16. The number of aliphatic hydroxyl groups excluding tert-OH is 1. The maximum Gasteiger partial charge on any atom is 0.410 e. The number of aliphatic hydroxyl groups is 1. The van der Waals surface area contributed by atoms with Crippen LogP contribution in [0.1, 0.15) is 82.0 Å². The number of unbranched alkanes of at least 4 members (excludes halogenated alkanes) is 1. The first-order valence-corrected chi connectivity index (χ1v) is 13.5. The Balaban J connectivity index is 2.15. The molecule has 8 nitrogen and oxygen atoms in total. The largest absolute Gasteiger partial charge is 0.506 e. The molecule has 1 aromatic heterocycles. The van der Waals surface area contributed by atoms with Gasteiger partial charge in [-0.2, -0.15) is 0 Å². The molecule has 8 heteroatoms. The Morgan fingerprint density at radius 1 is 0.949 bits per heavy atom. The van der Waals surface area contributed by atoms with Crippen LogP contribution >= 0.6 is 0 Å². The number of amides is 1. The molecule has 0 aromatic carbocycles. The highest BCUT2D eigenvalue weighted by molar-refractivity contribution is 5.70. The van der Waals surface area contributed by atoms with Gasteiger partial charge in [0.2, 0.25) is 6.29 Å². The van der Waals surface area contributed by atoms with Crippen molar-refractivity contribution in [2.45, 2.75) is 91.6 Å². The van der Waals surface area contributed by atoms with Gasteiger partial charge < -0.3 is 25.0 Å². The zero-order valence-electron chi connectivity index (χ0n) is 23.5. The zero-order valence-corrected chi connectivity index (χ0v) is 23.5. The minimum Gasteiger partial charge on any atom is -0.506 e. The van der Waals surface area contributed by atoms with Crippen LogP contribution in [0.4, 0.5) is 4.79 Å². The van der Waals surface area contributed by atoms with Crippen molar-refractivity contribution >= 4 is 12.1 Å². The monoisotopic (exact) mass is 540 g/mol. The molecule has 1 aromatic rings. The average Bonchev–Trinajstić information content (AvgIpc) is 2.91. The number of aromatic hydroxyl groups is 1. The number of hydrogen-bond acceptors (Lipinski definition) is 7. The molecule has 0 aliphatic heterocycles. The van der Waals surface area contributed by atoms with E-state index in [0.29, 0.717) is 23.2 Å². The summed E-state index contributed by atoms with van der Waals surface area (Å²) in [6.07, 6.45) is 27.3. The summed E-state index contributed by atoms with van der Waals surface area (Å²) < 4.78 is 10.2. The average molecular weight is 541 g/mol. The number of hydrogen-bond donors (Lipinski definition) is 3. The molecule has 0 saturated heterocycles. The number of nitrogens with zero attached hydrogens (tertiary/aromatic N) is 1. The van der Waals surface area contributed by atoms with E-state index in [2.05, 4.69) is 71.9 Å². The van der Waals surface area contributed by atoms with E-state index in [1.54, 1.807) is 6.92 Å². The van der Waals surface area contributed by atoms with Crippen LogP contribution in [0, 0.1) is 6.92 Å². The van der Waals surface area contributed by atoms with E-state index < -0.39 is 18.4 Å². The molecular weight excluding hydrogens is 496 g/mol. The molecule has 39 heavy (non-hydrogen) atoms. The lowest BCUT2D eigenvalue weighted by Gasteiger charge is -2.16. The number of pyridine rings is 1. The first-order chi connectivity index (χ1) is 18.9. The topological polar surface area (TPSA) is 118 Å². The zero-order chi connectivity index (χ0) is 28.7. The third kappa shape index (κ3) is 16.0. The quantitative estimate of drug-likeness (QED) is 0.0828. The van der Waals surface area contributed by atoms with Crippen molar-refractivity contribution in [2.75, 3.05) is 0 Å². The van der Waals surface area contributed by atoms with Gasteiger partial charge in [0.25, 0.3) is 0 Å². The molecule has 1 unspecified atom stereocenters. The summed E-state index contributed by atoms with van der Waals surface area (Å²) in [6.45, 7) is 4.79. The molecule has 0 aliphatic carbocycles. The van der Waals surface area contributed by atoms with E-state index in [1.807, 2.05) is 6.08 Å². The number of carbonyl (C=O) groups is 2. The molecule has 0 bridgehead atoms. The lowest BCUT2D eigenvalue weighted by Crippen LogP contribution is -2.30. The van der Waals surface area contributed by atoms with Crippen molar-refractivity contribution in [3.05, 3.63) is 83.8 Å². The van der Waals surface area contributed by atoms with E-state index in [9.17, 15) is 19.8 Å². The van der Waals surface area contributed by atoms with E-state index in [0.717, 1.165) is 38.5 Å². The maximum absolute atomic E-state index is 12.0. The van der Waals surface area contributed by atoms with Crippen LogP contribution in [0.5, 0.6) is 5.75 Å². The molecule has 1 heterocycles. The Morgan fingerprint density at radius 3 is 2.08 bits per heavy atom. The van der Waals surface area contributed by atoms with Gasteiger partial charge in [-0.05, 0) is 51.9 Å². The predicted octanol–water partition coefficient (Wildman–Crippen LogP) is 6.63. The standard InChI is InChI=1S/C31H44N2O6/c1-4-5-6-7-8-9-10-11-12-13-14-15-16-17-18-19-20-21-29(35)38-26(3)39-31(37)33-23-28-27(24-34)22-32-25(2)30(28)36/h5-6,8-9,11-12,14-15,17-18,22,26,34,36H,4,7,10,13,16,19-21,23-24H2,1-3H3,(H,33,37).